The maximum Gasteiger partial charge on any atom is 0.257 e. The van der Waals surface area contributed by atoms with E-state index >= 15 is 0 Å². The predicted octanol–water partition coefficient (Wildman–Crippen LogP) is 2.46. The molecule has 0 saturated heterocycles. The number of rotatable bonds is 7. The van der Waals surface area contributed by atoms with Gasteiger partial charge in [0.25, 0.3) is 11.8 Å². The molecule has 0 spiro atoms. The lowest BCUT2D eigenvalue weighted by Crippen LogP contribution is -2.28. The summed E-state index contributed by atoms with van der Waals surface area (Å²) < 4.78 is 10.4. The number of methoxy groups -OCH3 is 1. The van der Waals surface area contributed by atoms with Crippen LogP contribution in [-0.2, 0) is 4.79 Å². The van der Waals surface area contributed by atoms with Crippen molar-refractivity contribution in [3.05, 3.63) is 54.1 Å². The molecule has 6 nitrogen and oxygen atoms in total. The first-order chi connectivity index (χ1) is 11.6. The molecular formula is C18H20N2O4. The molecule has 0 atom stereocenters. The highest BCUT2D eigenvalue weighted by atomic mass is 16.5. The van der Waals surface area contributed by atoms with Gasteiger partial charge in [0.15, 0.2) is 6.61 Å². The summed E-state index contributed by atoms with van der Waals surface area (Å²) in [5.41, 5.74) is 1.17. The molecule has 2 N–H and O–H groups in total. The molecule has 24 heavy (non-hydrogen) atoms. The number of hydrogen-bond donors (Lipinski definition) is 2. The second-order valence-electron chi connectivity index (χ2n) is 4.95. The van der Waals surface area contributed by atoms with E-state index in [1.807, 2.05) is 6.92 Å². The molecule has 126 valence electrons. The molecule has 0 saturated carbocycles. The van der Waals surface area contributed by atoms with Crippen LogP contribution in [0.5, 0.6) is 11.5 Å². The normalized spacial score (nSPS) is 9.92. The first-order valence-electron chi connectivity index (χ1n) is 7.57. The number of carbonyl (C=O) groups is 2. The van der Waals surface area contributed by atoms with Gasteiger partial charge < -0.3 is 20.1 Å². The summed E-state index contributed by atoms with van der Waals surface area (Å²) >= 11 is 0. The zero-order valence-electron chi connectivity index (χ0n) is 13.7. The van der Waals surface area contributed by atoms with Crippen molar-refractivity contribution < 1.29 is 19.1 Å². The van der Waals surface area contributed by atoms with E-state index < -0.39 is 0 Å². The zero-order valence-corrected chi connectivity index (χ0v) is 13.7. The van der Waals surface area contributed by atoms with Gasteiger partial charge in [-0.05, 0) is 55.5 Å². The lowest BCUT2D eigenvalue weighted by Gasteiger charge is -2.08. The Morgan fingerprint density at radius 2 is 1.58 bits per heavy atom. The van der Waals surface area contributed by atoms with E-state index in [-0.39, 0.29) is 18.4 Å². The highest BCUT2D eigenvalue weighted by molar-refractivity contribution is 6.04. The zero-order chi connectivity index (χ0) is 17.4. The van der Waals surface area contributed by atoms with Crippen molar-refractivity contribution in [1.29, 1.82) is 0 Å². The molecule has 0 fully saturated rings. The van der Waals surface area contributed by atoms with Crippen LogP contribution in [0.1, 0.15) is 17.3 Å². The van der Waals surface area contributed by atoms with Crippen molar-refractivity contribution >= 4 is 17.5 Å². The summed E-state index contributed by atoms with van der Waals surface area (Å²) in [6.07, 6.45) is 0. The summed E-state index contributed by atoms with van der Waals surface area (Å²) in [5.74, 6) is 0.867. The number of anilines is 1. The molecule has 0 aliphatic rings. The lowest BCUT2D eigenvalue weighted by atomic mass is 10.2. The Morgan fingerprint density at radius 1 is 0.958 bits per heavy atom. The van der Waals surface area contributed by atoms with Crippen LogP contribution in [0.3, 0.4) is 0 Å². The molecule has 0 heterocycles. The lowest BCUT2D eigenvalue weighted by molar-refractivity contribution is -0.122. The van der Waals surface area contributed by atoms with Gasteiger partial charge in [-0.2, -0.15) is 0 Å². The monoisotopic (exact) mass is 328 g/mol. The fourth-order valence-electron chi connectivity index (χ4n) is 1.98. The molecule has 0 aliphatic heterocycles. The van der Waals surface area contributed by atoms with E-state index in [1.165, 1.54) is 0 Å². The molecule has 0 bridgehead atoms. The Bertz CT molecular complexity index is 681. The van der Waals surface area contributed by atoms with Crippen LogP contribution in [0.2, 0.25) is 0 Å². The third-order valence-corrected chi connectivity index (χ3v) is 3.21. The van der Waals surface area contributed by atoms with E-state index in [9.17, 15) is 9.59 Å². The number of benzene rings is 2. The van der Waals surface area contributed by atoms with Crippen molar-refractivity contribution in [2.45, 2.75) is 6.92 Å². The number of carbonyl (C=O) groups excluding carboxylic acids is 2. The number of likely N-dealkylation sites (N-methyl/N-ethyl adjacent to an activating group) is 1. The summed E-state index contributed by atoms with van der Waals surface area (Å²) in [5, 5.41) is 5.44. The largest absolute Gasteiger partial charge is 0.497 e. The van der Waals surface area contributed by atoms with Crippen molar-refractivity contribution in [3.8, 4) is 11.5 Å². The molecular weight excluding hydrogens is 308 g/mol. The predicted molar refractivity (Wildman–Crippen MR) is 91.6 cm³/mol. The van der Waals surface area contributed by atoms with Crippen LogP contribution >= 0.6 is 0 Å². The molecule has 0 aliphatic carbocycles. The van der Waals surface area contributed by atoms with Gasteiger partial charge in [-0.3, -0.25) is 9.59 Å². The quantitative estimate of drug-likeness (QED) is 0.818. The van der Waals surface area contributed by atoms with E-state index in [4.69, 9.17) is 9.47 Å². The van der Waals surface area contributed by atoms with Gasteiger partial charge in [0.1, 0.15) is 11.5 Å². The minimum absolute atomic E-state index is 0.0363. The molecule has 2 aromatic rings. The summed E-state index contributed by atoms with van der Waals surface area (Å²) in [6.45, 7) is 2.38. The third-order valence-electron chi connectivity index (χ3n) is 3.21. The SMILES string of the molecule is CCNC(=O)COc1ccc(NC(=O)c2ccc(OC)cc2)cc1. The molecule has 0 radical (unpaired) electrons. The van der Waals surface area contributed by atoms with Gasteiger partial charge in [-0.1, -0.05) is 0 Å². The van der Waals surface area contributed by atoms with Crippen molar-refractivity contribution in [2.75, 3.05) is 25.6 Å². The molecule has 0 unspecified atom stereocenters. The van der Waals surface area contributed by atoms with Crippen LogP contribution < -0.4 is 20.1 Å². The first kappa shape index (κ1) is 17.3. The van der Waals surface area contributed by atoms with E-state index in [2.05, 4.69) is 10.6 Å². The highest BCUT2D eigenvalue weighted by Crippen LogP contribution is 2.17. The van der Waals surface area contributed by atoms with Gasteiger partial charge in [0.05, 0.1) is 7.11 Å². The fraction of sp³-hybridized carbons (Fsp3) is 0.222. The Labute approximate surface area is 140 Å². The highest BCUT2D eigenvalue weighted by Gasteiger charge is 2.07. The van der Waals surface area contributed by atoms with Crippen LogP contribution in [0.4, 0.5) is 5.69 Å². The Hall–Kier alpha value is -3.02. The van der Waals surface area contributed by atoms with Gasteiger partial charge >= 0.3 is 0 Å². The summed E-state index contributed by atoms with van der Waals surface area (Å²) in [4.78, 5) is 23.5. The maximum atomic E-state index is 12.1. The first-order valence-corrected chi connectivity index (χ1v) is 7.57. The minimum atomic E-state index is -0.214. The number of hydrogen-bond acceptors (Lipinski definition) is 4. The van der Waals surface area contributed by atoms with E-state index in [0.29, 0.717) is 29.3 Å². The average Bonchev–Trinajstić information content (AvgIpc) is 2.61. The van der Waals surface area contributed by atoms with Gasteiger partial charge in [0.2, 0.25) is 0 Å². The fourth-order valence-corrected chi connectivity index (χ4v) is 1.98. The molecule has 2 aromatic carbocycles. The molecule has 2 amide bonds. The molecule has 0 aromatic heterocycles. The Balaban J connectivity index is 1.90. The topological polar surface area (TPSA) is 76.7 Å². The van der Waals surface area contributed by atoms with Crippen LogP contribution in [-0.4, -0.2) is 32.1 Å². The second kappa shape index (κ2) is 8.57. The standard InChI is InChI=1S/C18H20N2O4/c1-3-19-17(21)12-24-16-10-6-14(7-11-16)20-18(22)13-4-8-15(23-2)9-5-13/h4-11H,3,12H2,1-2H3,(H,19,21)(H,20,22). The Kier molecular flexibility index (Phi) is 6.19. The second-order valence-corrected chi connectivity index (χ2v) is 4.95. The number of nitrogens with one attached hydrogen (secondary N) is 2. The van der Waals surface area contributed by atoms with E-state index in [0.717, 1.165) is 0 Å². The third kappa shape index (κ3) is 5.01. The number of ether oxygens (including phenoxy) is 2. The van der Waals surface area contributed by atoms with Gasteiger partial charge in [0, 0.05) is 17.8 Å². The van der Waals surface area contributed by atoms with Crippen LogP contribution in [0.15, 0.2) is 48.5 Å². The summed E-state index contributed by atoms with van der Waals surface area (Å²) in [7, 11) is 1.57. The van der Waals surface area contributed by atoms with Crippen molar-refractivity contribution in [1.82, 2.24) is 5.32 Å². The minimum Gasteiger partial charge on any atom is -0.497 e. The van der Waals surface area contributed by atoms with Crippen molar-refractivity contribution in [2.24, 2.45) is 0 Å². The van der Waals surface area contributed by atoms with Gasteiger partial charge in [-0.25, -0.2) is 0 Å². The average molecular weight is 328 g/mol. The van der Waals surface area contributed by atoms with Gasteiger partial charge in [-0.15, -0.1) is 0 Å². The van der Waals surface area contributed by atoms with E-state index in [1.54, 1.807) is 55.6 Å². The molecule has 6 heteroatoms. The molecule has 2 rings (SSSR count). The van der Waals surface area contributed by atoms with Crippen molar-refractivity contribution in [3.63, 3.8) is 0 Å². The maximum absolute atomic E-state index is 12.1. The Morgan fingerprint density at radius 3 is 2.17 bits per heavy atom. The van der Waals surface area contributed by atoms with Crippen LogP contribution in [0, 0.1) is 0 Å². The number of amides is 2. The van der Waals surface area contributed by atoms with Crippen LogP contribution in [0.25, 0.3) is 0 Å². The smallest absolute Gasteiger partial charge is 0.257 e. The summed E-state index contributed by atoms with van der Waals surface area (Å²) in [6, 6.07) is 13.7.